The van der Waals surface area contributed by atoms with Gasteiger partial charge in [-0.3, -0.25) is 4.79 Å². The minimum Gasteiger partial charge on any atom is -0.459 e. The third-order valence-corrected chi connectivity index (χ3v) is 4.18. The second-order valence-electron chi connectivity index (χ2n) is 6.04. The molecule has 1 aliphatic rings. The second kappa shape index (κ2) is 6.43. The van der Waals surface area contributed by atoms with Crippen LogP contribution in [0.5, 0.6) is 0 Å². The second-order valence-corrected chi connectivity index (χ2v) is 6.04. The number of hydrogen-bond acceptors (Lipinski definition) is 4. The molecule has 1 N–H and O–H groups in total. The van der Waals surface area contributed by atoms with Crippen LogP contribution >= 0.6 is 0 Å². The number of nitrogens with one attached hydrogen (secondary N) is 1. The first-order chi connectivity index (χ1) is 12.2. The predicted molar refractivity (Wildman–Crippen MR) is 90.8 cm³/mol. The lowest BCUT2D eigenvalue weighted by Crippen LogP contribution is -2.31. The third-order valence-electron chi connectivity index (χ3n) is 4.18. The first-order valence-electron chi connectivity index (χ1n) is 8.31. The molecular weight excluding hydrogens is 320 g/mol. The van der Waals surface area contributed by atoms with E-state index in [2.05, 4.69) is 10.4 Å². The van der Waals surface area contributed by atoms with Gasteiger partial charge in [0.15, 0.2) is 5.76 Å². The van der Waals surface area contributed by atoms with Gasteiger partial charge in [0.1, 0.15) is 5.82 Å². The summed E-state index contributed by atoms with van der Waals surface area (Å²) in [6, 6.07) is 12.8. The number of nitrogens with zero attached hydrogens (tertiary/aromatic N) is 3. The number of hydrogen-bond donors (Lipinski definition) is 1. The molecule has 7 heteroatoms. The largest absolute Gasteiger partial charge is 0.459 e. The average molecular weight is 338 g/mol. The Balaban J connectivity index is 1.53. The van der Waals surface area contributed by atoms with Crippen molar-refractivity contribution in [2.24, 2.45) is 0 Å². The lowest BCUT2D eigenvalue weighted by atomic mass is 10.3. The lowest BCUT2D eigenvalue weighted by Gasteiger charge is -2.03. The zero-order valence-corrected chi connectivity index (χ0v) is 13.6. The predicted octanol–water partition coefficient (Wildman–Crippen LogP) is 1.93. The van der Waals surface area contributed by atoms with Gasteiger partial charge in [0, 0.05) is 12.5 Å². The smallest absolute Gasteiger partial charge is 0.350 e. The normalized spacial score (nSPS) is 13.8. The monoisotopic (exact) mass is 338 g/mol. The molecule has 25 heavy (non-hydrogen) atoms. The fraction of sp³-hybridized carbons (Fsp3) is 0.278. The number of rotatable bonds is 6. The molecular formula is C18H18N4O3. The Morgan fingerprint density at radius 3 is 2.68 bits per heavy atom. The third kappa shape index (κ3) is 3.13. The fourth-order valence-electron chi connectivity index (χ4n) is 2.77. The van der Waals surface area contributed by atoms with E-state index in [0.29, 0.717) is 19.0 Å². The van der Waals surface area contributed by atoms with Crippen molar-refractivity contribution in [1.29, 1.82) is 0 Å². The Hall–Kier alpha value is -3.09. The SMILES string of the molecule is O=C(NCCn1nc(C2CC2)n(-c2ccccc2)c1=O)c1ccco1. The van der Waals surface area contributed by atoms with Crippen LogP contribution in [0.4, 0.5) is 0 Å². The molecule has 1 saturated carbocycles. The maximum Gasteiger partial charge on any atom is 0.350 e. The molecule has 2 heterocycles. The first kappa shape index (κ1) is 15.4. The summed E-state index contributed by atoms with van der Waals surface area (Å²) in [7, 11) is 0. The van der Waals surface area contributed by atoms with Crippen molar-refractivity contribution in [1.82, 2.24) is 19.7 Å². The topological polar surface area (TPSA) is 82.1 Å². The standard InChI is InChI=1S/C18H18N4O3/c23-17(15-7-4-12-25-15)19-10-11-21-18(24)22(14-5-2-1-3-6-14)16(20-21)13-8-9-13/h1-7,12-13H,8-11H2,(H,19,23). The number of amides is 1. The highest BCUT2D eigenvalue weighted by molar-refractivity contribution is 5.91. The van der Waals surface area contributed by atoms with Crippen LogP contribution in [0.3, 0.4) is 0 Å². The number of carbonyl (C=O) groups excluding carboxylic acids is 1. The van der Waals surface area contributed by atoms with E-state index in [9.17, 15) is 9.59 Å². The van der Waals surface area contributed by atoms with Gasteiger partial charge in [-0.1, -0.05) is 18.2 Å². The van der Waals surface area contributed by atoms with Crippen LogP contribution in [0, 0.1) is 0 Å². The Labute approximate surface area is 143 Å². The van der Waals surface area contributed by atoms with Gasteiger partial charge in [-0.25, -0.2) is 14.0 Å². The highest BCUT2D eigenvalue weighted by atomic mass is 16.3. The molecule has 0 aliphatic heterocycles. The van der Waals surface area contributed by atoms with E-state index in [-0.39, 0.29) is 17.4 Å². The molecule has 0 bridgehead atoms. The van der Waals surface area contributed by atoms with E-state index in [0.717, 1.165) is 24.4 Å². The van der Waals surface area contributed by atoms with Crippen molar-refractivity contribution < 1.29 is 9.21 Å². The summed E-state index contributed by atoms with van der Waals surface area (Å²) in [4.78, 5) is 24.6. The van der Waals surface area contributed by atoms with Crippen molar-refractivity contribution in [2.75, 3.05) is 6.54 Å². The van der Waals surface area contributed by atoms with Crippen molar-refractivity contribution in [3.8, 4) is 5.69 Å². The minimum absolute atomic E-state index is 0.180. The number of benzene rings is 1. The molecule has 0 unspecified atom stereocenters. The quantitative estimate of drug-likeness (QED) is 0.744. The molecule has 0 spiro atoms. The maximum absolute atomic E-state index is 12.8. The Kier molecular flexibility index (Phi) is 3.97. The van der Waals surface area contributed by atoms with Crippen molar-refractivity contribution in [3.05, 3.63) is 70.8 Å². The highest BCUT2D eigenvalue weighted by Crippen LogP contribution is 2.39. The highest BCUT2D eigenvalue weighted by Gasteiger charge is 2.31. The maximum atomic E-state index is 12.8. The number of carbonyl (C=O) groups is 1. The van der Waals surface area contributed by atoms with E-state index in [1.165, 1.54) is 10.9 Å². The van der Waals surface area contributed by atoms with Crippen molar-refractivity contribution in [2.45, 2.75) is 25.3 Å². The van der Waals surface area contributed by atoms with Gasteiger partial charge >= 0.3 is 5.69 Å². The van der Waals surface area contributed by atoms with Crippen LogP contribution in [0.2, 0.25) is 0 Å². The van der Waals surface area contributed by atoms with E-state index >= 15 is 0 Å². The molecule has 0 radical (unpaired) electrons. The molecule has 1 amide bonds. The number of furan rings is 1. The average Bonchev–Trinajstić information content (AvgIpc) is 3.22. The fourth-order valence-corrected chi connectivity index (χ4v) is 2.77. The van der Waals surface area contributed by atoms with Gasteiger partial charge in [0.25, 0.3) is 5.91 Å². The van der Waals surface area contributed by atoms with Crippen LogP contribution in [0.1, 0.15) is 35.1 Å². The summed E-state index contributed by atoms with van der Waals surface area (Å²) in [5.41, 5.74) is 0.639. The Morgan fingerprint density at radius 2 is 2.00 bits per heavy atom. The Bertz CT molecular complexity index is 921. The first-order valence-corrected chi connectivity index (χ1v) is 8.31. The molecule has 1 aliphatic carbocycles. The van der Waals surface area contributed by atoms with Crippen LogP contribution < -0.4 is 11.0 Å². The van der Waals surface area contributed by atoms with Gasteiger partial charge in [0.05, 0.1) is 18.5 Å². The molecule has 0 saturated heterocycles. The summed E-state index contributed by atoms with van der Waals surface area (Å²) < 4.78 is 8.13. The summed E-state index contributed by atoms with van der Waals surface area (Å²) in [5.74, 6) is 1.09. The van der Waals surface area contributed by atoms with Crippen LogP contribution in [0.25, 0.3) is 5.69 Å². The van der Waals surface area contributed by atoms with Gasteiger partial charge in [-0.2, -0.15) is 5.10 Å². The van der Waals surface area contributed by atoms with Crippen LogP contribution in [0.15, 0.2) is 57.9 Å². The summed E-state index contributed by atoms with van der Waals surface area (Å²) in [6.07, 6.45) is 3.56. The number of aromatic nitrogens is 3. The van der Waals surface area contributed by atoms with Crippen molar-refractivity contribution >= 4 is 5.91 Å². The molecule has 1 fully saturated rings. The van der Waals surface area contributed by atoms with Crippen LogP contribution in [-0.4, -0.2) is 26.8 Å². The van der Waals surface area contributed by atoms with E-state index in [4.69, 9.17) is 4.42 Å². The van der Waals surface area contributed by atoms with Crippen LogP contribution in [-0.2, 0) is 6.54 Å². The molecule has 7 nitrogen and oxygen atoms in total. The minimum atomic E-state index is -0.303. The van der Waals surface area contributed by atoms with Crippen molar-refractivity contribution in [3.63, 3.8) is 0 Å². The zero-order chi connectivity index (χ0) is 17.2. The summed E-state index contributed by atoms with van der Waals surface area (Å²) >= 11 is 0. The zero-order valence-electron chi connectivity index (χ0n) is 13.6. The number of para-hydroxylation sites is 1. The molecule has 0 atom stereocenters. The van der Waals surface area contributed by atoms with Gasteiger partial charge in [-0.05, 0) is 37.1 Å². The van der Waals surface area contributed by atoms with Gasteiger partial charge in [0.2, 0.25) is 0 Å². The molecule has 1 aromatic carbocycles. The van der Waals surface area contributed by atoms with Gasteiger partial charge in [-0.15, -0.1) is 0 Å². The molecule has 128 valence electrons. The van der Waals surface area contributed by atoms with E-state index in [1.54, 1.807) is 16.7 Å². The molecule has 2 aromatic heterocycles. The Morgan fingerprint density at radius 1 is 1.20 bits per heavy atom. The molecule has 3 aromatic rings. The van der Waals surface area contributed by atoms with Gasteiger partial charge < -0.3 is 9.73 Å². The van der Waals surface area contributed by atoms with E-state index in [1.807, 2.05) is 30.3 Å². The molecule has 4 rings (SSSR count). The van der Waals surface area contributed by atoms with E-state index < -0.39 is 0 Å². The summed E-state index contributed by atoms with van der Waals surface area (Å²) in [6.45, 7) is 0.611. The summed E-state index contributed by atoms with van der Waals surface area (Å²) in [5, 5.41) is 7.23. The lowest BCUT2D eigenvalue weighted by molar-refractivity contribution is 0.0924.